The molecule has 0 fully saturated rings. The predicted molar refractivity (Wildman–Crippen MR) is 91.3 cm³/mol. The average Bonchev–Trinajstić information content (AvgIpc) is 2.46. The maximum absolute atomic E-state index is 11.9. The van der Waals surface area contributed by atoms with Gasteiger partial charge in [0.2, 0.25) is 11.8 Å². The van der Waals surface area contributed by atoms with Crippen molar-refractivity contribution in [2.45, 2.75) is 23.8 Å². The van der Waals surface area contributed by atoms with Gasteiger partial charge in [-0.15, -0.1) is 24.2 Å². The van der Waals surface area contributed by atoms with Gasteiger partial charge in [-0.25, -0.2) is 0 Å². The monoisotopic (exact) mass is 347 g/mol. The number of amides is 2. The van der Waals surface area contributed by atoms with Gasteiger partial charge in [0.1, 0.15) is 0 Å². The summed E-state index contributed by atoms with van der Waals surface area (Å²) in [5, 5.41) is 2.84. The highest BCUT2D eigenvalue weighted by Crippen LogP contribution is 2.27. The summed E-state index contributed by atoms with van der Waals surface area (Å²) >= 11 is 1.48. The first-order valence-electron chi connectivity index (χ1n) is 6.59. The van der Waals surface area contributed by atoms with Crippen LogP contribution >= 0.6 is 24.2 Å². The summed E-state index contributed by atoms with van der Waals surface area (Å²) in [5.41, 5.74) is 11.3. The van der Waals surface area contributed by atoms with E-state index in [4.69, 9.17) is 16.2 Å². The molecule has 0 aromatic heterocycles. The summed E-state index contributed by atoms with van der Waals surface area (Å²) in [4.78, 5) is 23.6. The lowest BCUT2D eigenvalue weighted by Crippen LogP contribution is -2.28. The SMILES string of the molecule is COC(CN)CC(=O)Nc1ccccc1SCCC(N)=O.Cl. The standard InChI is InChI=1S/C14H21N3O3S.ClH/c1-20-10(9-15)8-14(19)17-11-4-2-3-5-12(11)21-7-6-13(16)18;/h2-5,10H,6-9,15H2,1H3,(H2,16,18)(H,17,19);1H. The molecule has 1 atom stereocenters. The van der Waals surface area contributed by atoms with Gasteiger partial charge in [-0.2, -0.15) is 0 Å². The van der Waals surface area contributed by atoms with Crippen LogP contribution in [0.3, 0.4) is 0 Å². The van der Waals surface area contributed by atoms with Crippen LogP contribution in [0, 0.1) is 0 Å². The van der Waals surface area contributed by atoms with Crippen molar-refractivity contribution in [3.63, 3.8) is 0 Å². The van der Waals surface area contributed by atoms with Crippen LogP contribution in [-0.4, -0.2) is 37.3 Å². The number of para-hydroxylation sites is 1. The molecule has 0 aliphatic heterocycles. The van der Waals surface area contributed by atoms with Crippen molar-refractivity contribution in [3.05, 3.63) is 24.3 Å². The number of carbonyl (C=O) groups excluding carboxylic acids is 2. The summed E-state index contributed by atoms with van der Waals surface area (Å²) in [6.45, 7) is 0.291. The smallest absolute Gasteiger partial charge is 0.227 e. The van der Waals surface area contributed by atoms with Crippen molar-refractivity contribution < 1.29 is 14.3 Å². The van der Waals surface area contributed by atoms with Gasteiger partial charge in [0.05, 0.1) is 18.2 Å². The number of primary amides is 1. The average molecular weight is 348 g/mol. The van der Waals surface area contributed by atoms with E-state index in [-0.39, 0.29) is 36.7 Å². The Hall–Kier alpha value is -1.28. The molecule has 0 aliphatic carbocycles. The molecule has 2 amide bonds. The van der Waals surface area contributed by atoms with Gasteiger partial charge in [0.25, 0.3) is 0 Å². The van der Waals surface area contributed by atoms with Gasteiger partial charge in [0, 0.05) is 30.7 Å². The van der Waals surface area contributed by atoms with E-state index in [0.29, 0.717) is 24.4 Å². The molecule has 1 unspecified atom stereocenters. The number of ether oxygens (including phenoxy) is 1. The summed E-state index contributed by atoms with van der Waals surface area (Å²) in [6.07, 6.45) is 0.207. The minimum Gasteiger partial charge on any atom is -0.380 e. The van der Waals surface area contributed by atoms with Crippen molar-refractivity contribution in [2.24, 2.45) is 11.5 Å². The minimum atomic E-state index is -0.338. The molecule has 6 nitrogen and oxygen atoms in total. The maximum atomic E-state index is 11.9. The van der Waals surface area contributed by atoms with E-state index in [1.54, 1.807) is 0 Å². The fraction of sp³-hybridized carbons (Fsp3) is 0.429. The van der Waals surface area contributed by atoms with Gasteiger partial charge in [-0.05, 0) is 12.1 Å². The van der Waals surface area contributed by atoms with Crippen LogP contribution in [0.15, 0.2) is 29.2 Å². The first-order chi connectivity index (χ1) is 10.1. The number of halogens is 1. The van der Waals surface area contributed by atoms with E-state index in [1.807, 2.05) is 24.3 Å². The number of hydrogen-bond donors (Lipinski definition) is 3. The van der Waals surface area contributed by atoms with Gasteiger partial charge in [0.15, 0.2) is 0 Å². The Morgan fingerprint density at radius 3 is 2.64 bits per heavy atom. The molecule has 5 N–H and O–H groups in total. The van der Waals surface area contributed by atoms with E-state index in [9.17, 15) is 9.59 Å². The maximum Gasteiger partial charge on any atom is 0.227 e. The quantitative estimate of drug-likeness (QED) is 0.585. The molecule has 0 heterocycles. The second kappa shape index (κ2) is 11.3. The van der Waals surface area contributed by atoms with Crippen LogP contribution in [-0.2, 0) is 14.3 Å². The Morgan fingerprint density at radius 2 is 2.05 bits per heavy atom. The molecule has 0 saturated carbocycles. The number of benzene rings is 1. The summed E-state index contributed by atoms with van der Waals surface area (Å²) in [5.74, 6) is 0.0799. The molecule has 0 bridgehead atoms. The topological polar surface area (TPSA) is 107 Å². The van der Waals surface area contributed by atoms with Crippen LogP contribution in [0.2, 0.25) is 0 Å². The first-order valence-corrected chi connectivity index (χ1v) is 7.58. The zero-order valence-corrected chi connectivity index (χ0v) is 14.0. The Kier molecular flexibility index (Phi) is 10.7. The summed E-state index contributed by atoms with van der Waals surface area (Å²) < 4.78 is 5.09. The van der Waals surface area contributed by atoms with Crippen LogP contribution in [0.1, 0.15) is 12.8 Å². The van der Waals surface area contributed by atoms with Crippen molar-refractivity contribution in [1.82, 2.24) is 0 Å². The summed E-state index contributed by atoms with van der Waals surface area (Å²) in [6, 6.07) is 7.41. The van der Waals surface area contributed by atoms with Gasteiger partial charge in [-0.3, -0.25) is 9.59 Å². The Balaban J connectivity index is 0.00000441. The number of anilines is 1. The van der Waals surface area contributed by atoms with E-state index >= 15 is 0 Å². The molecule has 0 spiro atoms. The zero-order valence-electron chi connectivity index (χ0n) is 12.4. The molecular formula is C14H22ClN3O3S. The van der Waals surface area contributed by atoms with Crippen molar-refractivity contribution in [1.29, 1.82) is 0 Å². The molecule has 22 heavy (non-hydrogen) atoms. The lowest BCUT2D eigenvalue weighted by atomic mass is 10.2. The number of nitrogens with one attached hydrogen (secondary N) is 1. The first kappa shape index (κ1) is 20.7. The third kappa shape index (κ3) is 7.65. The van der Waals surface area contributed by atoms with Crippen LogP contribution in [0.4, 0.5) is 5.69 Å². The highest BCUT2D eigenvalue weighted by molar-refractivity contribution is 7.99. The molecule has 0 saturated heterocycles. The Morgan fingerprint density at radius 1 is 1.36 bits per heavy atom. The lowest BCUT2D eigenvalue weighted by Gasteiger charge is -2.14. The lowest BCUT2D eigenvalue weighted by molar-refractivity contribution is -0.119. The third-order valence-electron chi connectivity index (χ3n) is 2.78. The third-order valence-corrected chi connectivity index (χ3v) is 3.85. The van der Waals surface area contributed by atoms with E-state index in [1.165, 1.54) is 18.9 Å². The van der Waals surface area contributed by atoms with Gasteiger partial charge in [-0.1, -0.05) is 12.1 Å². The number of rotatable bonds is 9. The number of carbonyl (C=O) groups is 2. The van der Waals surface area contributed by atoms with Crippen molar-refractivity contribution in [2.75, 3.05) is 24.7 Å². The van der Waals surface area contributed by atoms with Crippen LogP contribution in [0.25, 0.3) is 0 Å². The molecule has 0 aliphatic rings. The molecule has 1 aromatic rings. The normalized spacial score (nSPS) is 11.4. The van der Waals surface area contributed by atoms with Crippen molar-refractivity contribution in [3.8, 4) is 0 Å². The molecule has 1 aromatic carbocycles. The van der Waals surface area contributed by atoms with E-state index < -0.39 is 0 Å². The van der Waals surface area contributed by atoms with Crippen LogP contribution in [0.5, 0.6) is 0 Å². The van der Waals surface area contributed by atoms with Crippen molar-refractivity contribution >= 4 is 41.7 Å². The fourth-order valence-corrected chi connectivity index (χ4v) is 2.60. The second-order valence-corrected chi connectivity index (χ2v) is 5.54. The second-order valence-electron chi connectivity index (χ2n) is 4.41. The number of methoxy groups -OCH3 is 1. The van der Waals surface area contributed by atoms with Gasteiger partial charge < -0.3 is 21.5 Å². The molecular weight excluding hydrogens is 326 g/mol. The molecule has 124 valence electrons. The Bertz CT molecular complexity index is 484. The highest BCUT2D eigenvalue weighted by Gasteiger charge is 2.13. The number of thioether (sulfide) groups is 1. The van der Waals surface area contributed by atoms with Gasteiger partial charge >= 0.3 is 0 Å². The number of hydrogen-bond acceptors (Lipinski definition) is 5. The molecule has 0 radical (unpaired) electrons. The predicted octanol–water partition coefficient (Wildman–Crippen LogP) is 1.38. The minimum absolute atomic E-state index is 0. The fourth-order valence-electron chi connectivity index (χ4n) is 1.63. The largest absolute Gasteiger partial charge is 0.380 e. The van der Waals surface area contributed by atoms with Crippen LogP contribution < -0.4 is 16.8 Å². The number of nitrogens with two attached hydrogens (primary N) is 2. The molecule has 1 rings (SSSR count). The van der Waals surface area contributed by atoms with E-state index in [0.717, 1.165) is 4.90 Å². The summed E-state index contributed by atoms with van der Waals surface area (Å²) in [7, 11) is 1.53. The Labute approximate surface area is 140 Å². The zero-order chi connectivity index (χ0) is 15.7. The molecule has 8 heteroatoms. The van der Waals surface area contributed by atoms with E-state index in [2.05, 4.69) is 5.32 Å². The highest BCUT2D eigenvalue weighted by atomic mass is 35.5.